The molecule has 0 amide bonds. The lowest BCUT2D eigenvalue weighted by atomic mass is 9.93. The van der Waals surface area contributed by atoms with Gasteiger partial charge >= 0.3 is 0 Å². The van der Waals surface area contributed by atoms with Crippen molar-refractivity contribution >= 4 is 5.78 Å². The van der Waals surface area contributed by atoms with Crippen LogP contribution in [-0.4, -0.2) is 10.8 Å². The van der Waals surface area contributed by atoms with Crippen molar-refractivity contribution in [1.82, 2.24) is 4.98 Å². The number of rotatable bonds is 5. The van der Waals surface area contributed by atoms with Crippen LogP contribution in [0.25, 0.3) is 0 Å². The van der Waals surface area contributed by atoms with Gasteiger partial charge in [0, 0.05) is 18.8 Å². The molecule has 1 aromatic heterocycles. The van der Waals surface area contributed by atoms with E-state index in [9.17, 15) is 4.79 Å². The molecule has 0 spiro atoms. The summed E-state index contributed by atoms with van der Waals surface area (Å²) in [7, 11) is 0. The van der Waals surface area contributed by atoms with E-state index in [-0.39, 0.29) is 5.78 Å². The standard InChI is InChI=1S/C16H14N2O/c17-11-15(14-7-4-10-18-12-14)16(19)9-8-13-5-2-1-3-6-13/h1-7,10,12,15H,8-9H2. The number of aryl methyl sites for hydroxylation is 1. The zero-order valence-electron chi connectivity index (χ0n) is 10.5. The second-order valence-electron chi connectivity index (χ2n) is 4.30. The summed E-state index contributed by atoms with van der Waals surface area (Å²) in [5.74, 6) is -0.767. The number of aromatic nitrogens is 1. The zero-order valence-corrected chi connectivity index (χ0v) is 10.5. The van der Waals surface area contributed by atoms with E-state index in [0.29, 0.717) is 18.4 Å². The van der Waals surface area contributed by atoms with Crippen LogP contribution >= 0.6 is 0 Å². The van der Waals surface area contributed by atoms with Crippen LogP contribution < -0.4 is 0 Å². The Kier molecular flexibility index (Phi) is 4.41. The van der Waals surface area contributed by atoms with Gasteiger partial charge in [-0.3, -0.25) is 9.78 Å². The third kappa shape index (κ3) is 3.49. The fraction of sp³-hybridized carbons (Fsp3) is 0.188. The van der Waals surface area contributed by atoms with E-state index in [0.717, 1.165) is 5.56 Å². The van der Waals surface area contributed by atoms with Gasteiger partial charge in [0.15, 0.2) is 5.78 Å². The molecule has 1 heterocycles. The normalized spacial score (nSPS) is 11.5. The van der Waals surface area contributed by atoms with Crippen LogP contribution in [-0.2, 0) is 11.2 Å². The molecule has 0 N–H and O–H groups in total. The van der Waals surface area contributed by atoms with E-state index in [2.05, 4.69) is 11.1 Å². The summed E-state index contributed by atoms with van der Waals surface area (Å²) in [5.41, 5.74) is 1.78. The van der Waals surface area contributed by atoms with Crippen molar-refractivity contribution in [3.05, 3.63) is 66.0 Å². The van der Waals surface area contributed by atoms with Gasteiger partial charge in [-0.25, -0.2) is 0 Å². The second kappa shape index (κ2) is 6.46. The lowest BCUT2D eigenvalue weighted by Gasteiger charge is -2.07. The summed E-state index contributed by atoms with van der Waals surface area (Å²) in [6.07, 6.45) is 4.25. The Morgan fingerprint density at radius 2 is 2.00 bits per heavy atom. The van der Waals surface area contributed by atoms with Crippen molar-refractivity contribution in [2.24, 2.45) is 0 Å². The molecule has 1 atom stereocenters. The number of carbonyl (C=O) groups is 1. The molecule has 1 unspecified atom stereocenters. The van der Waals surface area contributed by atoms with Crippen LogP contribution in [0.1, 0.15) is 23.5 Å². The molecule has 0 bridgehead atoms. The van der Waals surface area contributed by atoms with Crippen molar-refractivity contribution in [3.8, 4) is 6.07 Å². The molecule has 19 heavy (non-hydrogen) atoms. The Labute approximate surface area is 112 Å². The van der Waals surface area contributed by atoms with Crippen LogP contribution in [0.4, 0.5) is 0 Å². The third-order valence-corrected chi connectivity index (χ3v) is 2.97. The van der Waals surface area contributed by atoms with Gasteiger partial charge in [-0.2, -0.15) is 5.26 Å². The van der Waals surface area contributed by atoms with Gasteiger partial charge in [-0.1, -0.05) is 36.4 Å². The third-order valence-electron chi connectivity index (χ3n) is 2.97. The van der Waals surface area contributed by atoms with Gasteiger partial charge in [0.1, 0.15) is 5.92 Å². The number of nitrogens with zero attached hydrogens (tertiary/aromatic N) is 2. The SMILES string of the molecule is N#CC(C(=O)CCc1ccccc1)c1cccnc1. The molecule has 0 radical (unpaired) electrons. The summed E-state index contributed by atoms with van der Waals surface area (Å²) < 4.78 is 0. The van der Waals surface area contributed by atoms with Crippen molar-refractivity contribution in [1.29, 1.82) is 5.26 Å². The number of carbonyl (C=O) groups excluding carboxylic acids is 1. The fourth-order valence-electron chi connectivity index (χ4n) is 1.94. The largest absolute Gasteiger partial charge is 0.298 e. The molecule has 0 fully saturated rings. The van der Waals surface area contributed by atoms with Gasteiger partial charge in [0.05, 0.1) is 6.07 Å². The van der Waals surface area contributed by atoms with Gasteiger partial charge in [-0.15, -0.1) is 0 Å². The molecule has 0 aliphatic carbocycles. The molecule has 3 nitrogen and oxygen atoms in total. The molecule has 1 aromatic carbocycles. The lowest BCUT2D eigenvalue weighted by Crippen LogP contribution is -2.11. The zero-order chi connectivity index (χ0) is 13.5. The quantitative estimate of drug-likeness (QED) is 0.819. The number of nitriles is 1. The number of benzene rings is 1. The molecule has 0 aliphatic heterocycles. The van der Waals surface area contributed by atoms with E-state index >= 15 is 0 Å². The molecule has 0 saturated heterocycles. The summed E-state index contributed by atoms with van der Waals surface area (Å²) >= 11 is 0. The maximum Gasteiger partial charge on any atom is 0.154 e. The Morgan fingerprint density at radius 3 is 2.63 bits per heavy atom. The van der Waals surface area contributed by atoms with Crippen molar-refractivity contribution in [3.63, 3.8) is 0 Å². The predicted octanol–water partition coefficient (Wildman–Crippen LogP) is 2.89. The first-order valence-corrected chi connectivity index (χ1v) is 6.17. The topological polar surface area (TPSA) is 53.8 Å². The van der Waals surface area contributed by atoms with E-state index in [1.807, 2.05) is 30.3 Å². The molecule has 2 aromatic rings. The molecule has 0 saturated carbocycles. The van der Waals surface area contributed by atoms with Gasteiger partial charge < -0.3 is 0 Å². The lowest BCUT2D eigenvalue weighted by molar-refractivity contribution is -0.119. The van der Waals surface area contributed by atoms with Crippen LogP contribution in [0.3, 0.4) is 0 Å². The van der Waals surface area contributed by atoms with Gasteiger partial charge in [-0.05, 0) is 23.6 Å². The Balaban J connectivity index is 2.01. The maximum atomic E-state index is 12.1. The van der Waals surface area contributed by atoms with E-state index < -0.39 is 5.92 Å². The number of pyridine rings is 1. The first-order chi connectivity index (χ1) is 9.31. The van der Waals surface area contributed by atoms with Gasteiger partial charge in [0.2, 0.25) is 0 Å². The first kappa shape index (κ1) is 13.0. The smallest absolute Gasteiger partial charge is 0.154 e. The van der Waals surface area contributed by atoms with Crippen molar-refractivity contribution in [2.75, 3.05) is 0 Å². The number of ketones is 1. The Hall–Kier alpha value is -2.47. The monoisotopic (exact) mass is 250 g/mol. The number of Topliss-reactive ketones (excluding diaryl/α,β-unsaturated/α-hetero) is 1. The highest BCUT2D eigenvalue weighted by atomic mass is 16.1. The highest BCUT2D eigenvalue weighted by Crippen LogP contribution is 2.17. The van der Waals surface area contributed by atoms with E-state index in [1.165, 1.54) is 0 Å². The minimum atomic E-state index is -0.711. The van der Waals surface area contributed by atoms with Crippen LogP contribution in [0.5, 0.6) is 0 Å². The molecular formula is C16H14N2O. The van der Waals surface area contributed by atoms with Crippen molar-refractivity contribution in [2.45, 2.75) is 18.8 Å². The molecule has 3 heteroatoms. The fourth-order valence-corrected chi connectivity index (χ4v) is 1.94. The molecule has 94 valence electrons. The number of hydrogen-bond donors (Lipinski definition) is 0. The molecular weight excluding hydrogens is 236 g/mol. The summed E-state index contributed by atoms with van der Waals surface area (Å²) in [5, 5.41) is 9.15. The highest BCUT2D eigenvalue weighted by molar-refractivity contribution is 5.88. The highest BCUT2D eigenvalue weighted by Gasteiger charge is 2.19. The minimum Gasteiger partial charge on any atom is -0.298 e. The molecule has 2 rings (SSSR count). The van der Waals surface area contributed by atoms with Crippen LogP contribution in [0.2, 0.25) is 0 Å². The van der Waals surface area contributed by atoms with Crippen molar-refractivity contribution < 1.29 is 4.79 Å². The molecule has 0 aliphatic rings. The Morgan fingerprint density at radius 1 is 1.21 bits per heavy atom. The van der Waals surface area contributed by atoms with Crippen LogP contribution in [0, 0.1) is 11.3 Å². The summed E-state index contributed by atoms with van der Waals surface area (Å²) in [6, 6.07) is 15.4. The van der Waals surface area contributed by atoms with Gasteiger partial charge in [0.25, 0.3) is 0 Å². The second-order valence-corrected chi connectivity index (χ2v) is 4.30. The average molecular weight is 250 g/mol. The predicted molar refractivity (Wildman–Crippen MR) is 72.4 cm³/mol. The first-order valence-electron chi connectivity index (χ1n) is 6.17. The Bertz CT molecular complexity index is 573. The average Bonchev–Trinajstić information content (AvgIpc) is 2.48. The van der Waals surface area contributed by atoms with E-state index in [1.54, 1.807) is 24.5 Å². The number of hydrogen-bond acceptors (Lipinski definition) is 3. The van der Waals surface area contributed by atoms with E-state index in [4.69, 9.17) is 5.26 Å². The summed E-state index contributed by atoms with van der Waals surface area (Å²) in [6.45, 7) is 0. The van der Waals surface area contributed by atoms with Crippen LogP contribution in [0.15, 0.2) is 54.9 Å². The maximum absolute atomic E-state index is 12.1. The minimum absolute atomic E-state index is 0.0562. The summed E-state index contributed by atoms with van der Waals surface area (Å²) in [4.78, 5) is 16.0.